The zero-order valence-corrected chi connectivity index (χ0v) is 26.6. The van der Waals surface area contributed by atoms with Gasteiger partial charge in [0.25, 0.3) is 0 Å². The van der Waals surface area contributed by atoms with Gasteiger partial charge in [0.15, 0.2) is 11.5 Å². The molecule has 246 valence electrons. The van der Waals surface area contributed by atoms with Crippen LogP contribution in [0.3, 0.4) is 0 Å². The third kappa shape index (κ3) is 4.47. The predicted molar refractivity (Wildman–Crippen MR) is 171 cm³/mol. The minimum atomic E-state index is -1.38. The number of carboxylic acids is 1. The van der Waals surface area contributed by atoms with Gasteiger partial charge in [0.1, 0.15) is 5.82 Å². The van der Waals surface area contributed by atoms with E-state index in [0.717, 1.165) is 15.9 Å². The third-order valence-corrected chi connectivity index (χ3v) is 10.7. The molecule has 0 aromatic heterocycles. The van der Waals surface area contributed by atoms with E-state index in [9.17, 15) is 38.6 Å². The minimum Gasteiger partial charge on any atom is -0.504 e. The number of benzene rings is 3. The molecule has 2 aliphatic carbocycles. The average Bonchev–Trinajstić information content (AvgIpc) is 3.43. The van der Waals surface area contributed by atoms with E-state index in [1.807, 2.05) is 6.08 Å². The van der Waals surface area contributed by atoms with Crippen LogP contribution < -0.4 is 14.5 Å². The van der Waals surface area contributed by atoms with Crippen LogP contribution in [0, 0.1) is 34.9 Å². The van der Waals surface area contributed by atoms with Crippen molar-refractivity contribution in [1.29, 1.82) is 0 Å². The molecule has 2 saturated heterocycles. The standard InChI is InChI=1S/C36H30ClFN2O8/c1-3-48-28-14-17(7-12-27(28)41)30-21-9-10-22-29(33(44)39(31(22)42)19-6-4-5-18(13-19)34(45)46)23(21)16-24-32(43)40(35(47)36(24,30)2)20-8-11-26(38)25(37)15-20/h4-9,11-15,22-24,29-30,41H,3,10,16H2,1-2H3,(H,45,46)/t22-,23+,24-,29-,30-,36+/m0/s1. The van der Waals surface area contributed by atoms with Gasteiger partial charge in [-0.25, -0.2) is 14.1 Å². The van der Waals surface area contributed by atoms with E-state index in [0.29, 0.717) is 11.1 Å². The van der Waals surface area contributed by atoms with Crippen molar-refractivity contribution in [2.45, 2.75) is 32.6 Å². The number of fused-ring (bicyclic) bond motifs is 4. The maximum atomic E-state index is 14.6. The van der Waals surface area contributed by atoms with Crippen LogP contribution in [0.15, 0.2) is 72.3 Å². The highest BCUT2D eigenvalue weighted by Gasteiger charge is 2.67. The topological polar surface area (TPSA) is 142 Å². The first-order valence-electron chi connectivity index (χ1n) is 15.6. The Hall–Kier alpha value is -5.03. The molecule has 3 aromatic carbocycles. The molecular weight excluding hydrogens is 643 g/mol. The number of aromatic carboxylic acids is 1. The molecule has 4 aliphatic rings. The summed E-state index contributed by atoms with van der Waals surface area (Å²) >= 11 is 6.07. The molecule has 10 nitrogen and oxygen atoms in total. The maximum absolute atomic E-state index is 14.6. The van der Waals surface area contributed by atoms with Crippen molar-refractivity contribution >= 4 is 52.6 Å². The van der Waals surface area contributed by atoms with Gasteiger partial charge in [-0.05, 0) is 86.7 Å². The summed E-state index contributed by atoms with van der Waals surface area (Å²) in [6, 6.07) is 14.0. The number of carbonyl (C=O) groups excluding carboxylic acids is 4. The van der Waals surface area contributed by atoms with Crippen LogP contribution in [0.5, 0.6) is 11.5 Å². The lowest BCUT2D eigenvalue weighted by molar-refractivity contribution is -0.131. The van der Waals surface area contributed by atoms with E-state index in [-0.39, 0.29) is 52.9 Å². The molecule has 48 heavy (non-hydrogen) atoms. The Morgan fingerprint density at radius 3 is 2.44 bits per heavy atom. The van der Waals surface area contributed by atoms with E-state index < -0.39 is 70.4 Å². The van der Waals surface area contributed by atoms with E-state index in [2.05, 4.69) is 0 Å². The van der Waals surface area contributed by atoms with Crippen LogP contribution >= 0.6 is 11.6 Å². The number of imide groups is 2. The van der Waals surface area contributed by atoms with E-state index >= 15 is 0 Å². The van der Waals surface area contributed by atoms with Gasteiger partial charge >= 0.3 is 5.97 Å². The summed E-state index contributed by atoms with van der Waals surface area (Å²) in [4.78, 5) is 70.7. The number of allylic oxidation sites excluding steroid dienone is 2. The highest BCUT2D eigenvalue weighted by atomic mass is 35.5. The second-order valence-corrected chi connectivity index (χ2v) is 13.2. The first-order valence-corrected chi connectivity index (χ1v) is 16.0. The van der Waals surface area contributed by atoms with Gasteiger partial charge in [0.05, 0.1) is 51.7 Å². The fraction of sp³-hybridized carbons (Fsp3) is 0.306. The summed E-state index contributed by atoms with van der Waals surface area (Å²) in [6.07, 6.45) is 2.14. The SMILES string of the molecule is CCOc1cc([C@H]2C3=CC[C@@H]4C(=O)N(c5cccc(C(=O)O)c5)C(=O)[C@@H]4[C@@H]3C[C@H]3C(=O)N(c4ccc(F)c(Cl)c4)C(=O)[C@@]23C)ccc1O. The summed E-state index contributed by atoms with van der Waals surface area (Å²) in [5.41, 5.74) is 0.0760. The summed E-state index contributed by atoms with van der Waals surface area (Å²) in [7, 11) is 0. The molecule has 7 rings (SSSR count). The Kier molecular flexibility index (Phi) is 7.43. The number of phenols is 1. The Labute approximate surface area is 279 Å². The number of rotatable bonds is 6. The lowest BCUT2D eigenvalue weighted by Gasteiger charge is -2.49. The quantitative estimate of drug-likeness (QED) is 0.250. The third-order valence-electron chi connectivity index (χ3n) is 10.4. The normalized spacial score (nSPS) is 27.8. The monoisotopic (exact) mass is 672 g/mol. The van der Waals surface area contributed by atoms with Crippen LogP contribution in [0.25, 0.3) is 0 Å². The minimum absolute atomic E-state index is 0.0778. The largest absolute Gasteiger partial charge is 0.504 e. The molecule has 2 heterocycles. The van der Waals surface area contributed by atoms with Gasteiger partial charge in [0, 0.05) is 5.92 Å². The Balaban J connectivity index is 1.37. The number of aromatic hydroxyl groups is 1. The maximum Gasteiger partial charge on any atom is 0.335 e. The number of amides is 4. The van der Waals surface area contributed by atoms with Gasteiger partial charge in [0.2, 0.25) is 23.6 Å². The van der Waals surface area contributed by atoms with E-state index in [4.69, 9.17) is 16.3 Å². The van der Waals surface area contributed by atoms with Gasteiger partial charge < -0.3 is 14.9 Å². The average molecular weight is 673 g/mol. The fourth-order valence-corrected chi connectivity index (χ4v) is 8.45. The van der Waals surface area contributed by atoms with Crippen LogP contribution in [0.2, 0.25) is 5.02 Å². The number of hydrogen-bond acceptors (Lipinski definition) is 7. The highest BCUT2D eigenvalue weighted by Crippen LogP contribution is 2.64. The lowest BCUT2D eigenvalue weighted by Crippen LogP contribution is -2.48. The zero-order valence-electron chi connectivity index (χ0n) is 25.9. The number of halogens is 2. The number of nitrogens with zero attached hydrogens (tertiary/aromatic N) is 2. The second-order valence-electron chi connectivity index (χ2n) is 12.8. The molecule has 3 fully saturated rings. The Morgan fingerprint density at radius 2 is 1.73 bits per heavy atom. The molecule has 0 radical (unpaired) electrons. The number of carboxylic acid groups (broad SMARTS) is 1. The van der Waals surface area contributed by atoms with Crippen LogP contribution in [-0.4, -0.2) is 46.4 Å². The molecule has 0 unspecified atom stereocenters. The van der Waals surface area contributed by atoms with E-state index in [1.54, 1.807) is 26.0 Å². The van der Waals surface area contributed by atoms with Gasteiger partial charge in [-0.2, -0.15) is 0 Å². The molecule has 2 N–H and O–H groups in total. The van der Waals surface area contributed by atoms with Crippen molar-refractivity contribution in [3.8, 4) is 11.5 Å². The zero-order chi connectivity index (χ0) is 34.2. The highest BCUT2D eigenvalue weighted by molar-refractivity contribution is 6.32. The Morgan fingerprint density at radius 1 is 0.979 bits per heavy atom. The van der Waals surface area contributed by atoms with Gasteiger partial charge in [-0.3, -0.25) is 24.1 Å². The number of phenolic OH excluding ortho intramolecular Hbond substituents is 1. The van der Waals surface area contributed by atoms with Crippen molar-refractivity contribution in [2.24, 2.45) is 29.1 Å². The summed E-state index contributed by atoms with van der Waals surface area (Å²) in [5.74, 6) is -7.87. The lowest BCUT2D eigenvalue weighted by atomic mass is 9.51. The van der Waals surface area contributed by atoms with Crippen LogP contribution in [0.4, 0.5) is 15.8 Å². The number of carbonyl (C=O) groups is 5. The molecule has 0 bridgehead atoms. The predicted octanol–water partition coefficient (Wildman–Crippen LogP) is 5.72. The molecule has 12 heteroatoms. The molecule has 0 spiro atoms. The number of ether oxygens (including phenoxy) is 1. The summed E-state index contributed by atoms with van der Waals surface area (Å²) < 4.78 is 19.8. The summed E-state index contributed by atoms with van der Waals surface area (Å²) in [6.45, 7) is 3.72. The molecule has 6 atom stereocenters. The summed E-state index contributed by atoms with van der Waals surface area (Å²) in [5, 5.41) is 19.8. The fourth-order valence-electron chi connectivity index (χ4n) is 8.28. The first-order chi connectivity index (χ1) is 22.9. The molecular formula is C36H30ClFN2O8. The van der Waals surface area contributed by atoms with Crippen molar-refractivity contribution in [3.05, 3.63) is 94.3 Å². The first kappa shape index (κ1) is 31.6. The Bertz CT molecular complexity index is 1980. The van der Waals surface area contributed by atoms with Crippen molar-refractivity contribution in [1.82, 2.24) is 0 Å². The van der Waals surface area contributed by atoms with Crippen LogP contribution in [0.1, 0.15) is 48.5 Å². The molecule has 1 saturated carbocycles. The van der Waals surface area contributed by atoms with E-state index in [1.165, 1.54) is 42.5 Å². The molecule has 3 aromatic rings. The van der Waals surface area contributed by atoms with Crippen LogP contribution in [-0.2, 0) is 19.2 Å². The van der Waals surface area contributed by atoms with Gasteiger partial charge in [-0.1, -0.05) is 35.4 Å². The van der Waals surface area contributed by atoms with Crippen molar-refractivity contribution in [2.75, 3.05) is 16.4 Å². The molecule has 2 aliphatic heterocycles. The van der Waals surface area contributed by atoms with Crippen molar-refractivity contribution < 1.29 is 43.3 Å². The smallest absolute Gasteiger partial charge is 0.335 e. The second kappa shape index (κ2) is 11.3. The number of hydrogen-bond donors (Lipinski definition) is 2. The van der Waals surface area contributed by atoms with Crippen molar-refractivity contribution in [3.63, 3.8) is 0 Å². The molecule has 4 amide bonds. The van der Waals surface area contributed by atoms with Gasteiger partial charge in [-0.15, -0.1) is 0 Å². The number of anilines is 2.